The van der Waals surface area contributed by atoms with E-state index in [0.717, 1.165) is 6.42 Å². The van der Waals surface area contributed by atoms with E-state index in [1.165, 1.54) is 4.90 Å². The van der Waals surface area contributed by atoms with Gasteiger partial charge in [-0.3, -0.25) is 4.79 Å². The van der Waals surface area contributed by atoms with Crippen LogP contribution < -0.4 is 0 Å². The number of carboxylic acids is 1. The van der Waals surface area contributed by atoms with E-state index in [2.05, 4.69) is 12.6 Å². The third-order valence-electron chi connectivity index (χ3n) is 2.77. The Bertz CT molecular complexity index is 278. The summed E-state index contributed by atoms with van der Waals surface area (Å²) < 4.78 is 0. The minimum absolute atomic E-state index is 0.109. The first kappa shape index (κ1) is 12.4. The quantitative estimate of drug-likeness (QED) is 0.713. The fourth-order valence-corrected chi connectivity index (χ4v) is 1.86. The van der Waals surface area contributed by atoms with E-state index in [9.17, 15) is 9.59 Å². The predicted molar refractivity (Wildman–Crippen MR) is 60.0 cm³/mol. The number of thiol groups is 1. The highest BCUT2D eigenvalue weighted by Crippen LogP contribution is 2.26. The van der Waals surface area contributed by atoms with Crippen LogP contribution in [-0.2, 0) is 9.59 Å². The van der Waals surface area contributed by atoms with Crippen molar-refractivity contribution in [3.63, 3.8) is 0 Å². The van der Waals surface area contributed by atoms with Crippen LogP contribution in [0.2, 0.25) is 0 Å². The van der Waals surface area contributed by atoms with Gasteiger partial charge in [0, 0.05) is 12.3 Å². The van der Waals surface area contributed by atoms with E-state index in [4.69, 9.17) is 5.11 Å². The topological polar surface area (TPSA) is 57.6 Å². The lowest BCUT2D eigenvalue weighted by Gasteiger charge is -2.30. The standard InChI is InChI=1S/C10H17NO3S/c1-10(2,6-15)9(14)11-5-3-4-7(11)8(12)13/h7,15H,3-6H2,1-2H3,(H,12,13)/t7-/m0/s1. The summed E-state index contributed by atoms with van der Waals surface area (Å²) in [6.07, 6.45) is 1.33. The molecule has 0 aromatic heterocycles. The van der Waals surface area contributed by atoms with Crippen molar-refractivity contribution in [3.05, 3.63) is 0 Å². The zero-order valence-corrected chi connectivity index (χ0v) is 9.96. The predicted octanol–water partition coefficient (Wildman–Crippen LogP) is 1.02. The lowest BCUT2D eigenvalue weighted by atomic mass is 9.94. The van der Waals surface area contributed by atoms with Crippen LogP contribution in [0.4, 0.5) is 0 Å². The van der Waals surface area contributed by atoms with Crippen LogP contribution in [0, 0.1) is 5.41 Å². The van der Waals surface area contributed by atoms with Gasteiger partial charge >= 0.3 is 5.97 Å². The lowest BCUT2D eigenvalue weighted by molar-refractivity contribution is -0.151. The molecule has 0 aromatic rings. The zero-order chi connectivity index (χ0) is 11.6. The summed E-state index contributed by atoms with van der Waals surface area (Å²) >= 11 is 4.12. The first-order valence-corrected chi connectivity index (χ1v) is 5.68. The van der Waals surface area contributed by atoms with Gasteiger partial charge in [0.2, 0.25) is 5.91 Å². The van der Waals surface area contributed by atoms with Crippen molar-refractivity contribution in [2.45, 2.75) is 32.7 Å². The van der Waals surface area contributed by atoms with Gasteiger partial charge < -0.3 is 10.0 Å². The van der Waals surface area contributed by atoms with Gasteiger partial charge in [-0.1, -0.05) is 13.8 Å². The fourth-order valence-electron chi connectivity index (χ4n) is 1.72. The summed E-state index contributed by atoms with van der Waals surface area (Å²) in [5.41, 5.74) is -0.582. The monoisotopic (exact) mass is 231 g/mol. The van der Waals surface area contributed by atoms with Gasteiger partial charge in [-0.25, -0.2) is 4.79 Å². The third-order valence-corrected chi connectivity index (χ3v) is 3.56. The van der Waals surface area contributed by atoms with Crippen molar-refractivity contribution in [2.24, 2.45) is 5.41 Å². The summed E-state index contributed by atoms with van der Waals surface area (Å²) in [6, 6.07) is -0.642. The Kier molecular flexibility index (Phi) is 3.65. The molecule has 0 spiro atoms. The summed E-state index contributed by atoms with van der Waals surface area (Å²) in [5.74, 6) is -0.590. The zero-order valence-electron chi connectivity index (χ0n) is 9.06. The normalized spacial score (nSPS) is 21.8. The van der Waals surface area contributed by atoms with E-state index in [1.54, 1.807) is 13.8 Å². The molecule has 0 aromatic carbocycles. The van der Waals surface area contributed by atoms with E-state index in [0.29, 0.717) is 18.7 Å². The number of aliphatic carboxylic acids is 1. The van der Waals surface area contributed by atoms with Crippen LogP contribution in [0.5, 0.6) is 0 Å². The molecule has 0 unspecified atom stereocenters. The molecular weight excluding hydrogens is 214 g/mol. The highest BCUT2D eigenvalue weighted by atomic mass is 32.1. The van der Waals surface area contributed by atoms with Gasteiger partial charge in [0.25, 0.3) is 0 Å². The molecule has 1 aliphatic heterocycles. The molecule has 1 rings (SSSR count). The van der Waals surface area contributed by atoms with Crippen molar-refractivity contribution in [1.29, 1.82) is 0 Å². The van der Waals surface area contributed by atoms with E-state index < -0.39 is 17.4 Å². The highest BCUT2D eigenvalue weighted by Gasteiger charge is 2.39. The number of likely N-dealkylation sites (tertiary alicyclic amines) is 1. The molecule has 0 bridgehead atoms. The minimum Gasteiger partial charge on any atom is -0.480 e. The lowest BCUT2D eigenvalue weighted by Crippen LogP contribution is -2.47. The van der Waals surface area contributed by atoms with Crippen molar-refractivity contribution in [2.75, 3.05) is 12.3 Å². The highest BCUT2D eigenvalue weighted by molar-refractivity contribution is 7.80. The largest absolute Gasteiger partial charge is 0.480 e. The number of hydrogen-bond donors (Lipinski definition) is 2. The second-order valence-corrected chi connectivity index (χ2v) is 4.85. The number of amides is 1. The van der Waals surface area contributed by atoms with Crippen molar-refractivity contribution >= 4 is 24.5 Å². The van der Waals surface area contributed by atoms with Crippen LogP contribution in [0.15, 0.2) is 0 Å². The maximum Gasteiger partial charge on any atom is 0.326 e. The molecule has 1 amide bonds. The maximum absolute atomic E-state index is 12.0. The molecule has 0 saturated carbocycles. The van der Waals surface area contributed by atoms with Crippen molar-refractivity contribution in [1.82, 2.24) is 4.90 Å². The van der Waals surface area contributed by atoms with Crippen molar-refractivity contribution < 1.29 is 14.7 Å². The van der Waals surface area contributed by atoms with Crippen LogP contribution in [0.1, 0.15) is 26.7 Å². The number of carbonyl (C=O) groups excluding carboxylic acids is 1. The Balaban J connectivity index is 2.79. The van der Waals surface area contributed by atoms with Gasteiger partial charge in [-0.05, 0) is 12.8 Å². The molecular formula is C10H17NO3S. The number of carboxylic acid groups (broad SMARTS) is 1. The van der Waals surface area contributed by atoms with Gasteiger partial charge in [-0.2, -0.15) is 12.6 Å². The Morgan fingerprint density at radius 3 is 2.60 bits per heavy atom. The molecule has 0 radical (unpaired) electrons. The molecule has 0 aliphatic carbocycles. The van der Waals surface area contributed by atoms with Crippen LogP contribution in [0.25, 0.3) is 0 Å². The Hall–Kier alpha value is -0.710. The maximum atomic E-state index is 12.0. The second kappa shape index (κ2) is 4.43. The number of rotatable bonds is 3. The summed E-state index contributed by atoms with van der Waals surface area (Å²) in [5, 5.41) is 8.96. The molecule has 1 aliphatic rings. The fraction of sp³-hybridized carbons (Fsp3) is 0.800. The van der Waals surface area contributed by atoms with Crippen LogP contribution in [-0.4, -0.2) is 40.2 Å². The molecule has 1 atom stereocenters. The summed E-state index contributed by atoms with van der Waals surface area (Å²) in [7, 11) is 0. The van der Waals surface area contributed by atoms with E-state index >= 15 is 0 Å². The van der Waals surface area contributed by atoms with Crippen LogP contribution in [0.3, 0.4) is 0 Å². The first-order valence-electron chi connectivity index (χ1n) is 5.05. The summed E-state index contributed by atoms with van der Waals surface area (Å²) in [6.45, 7) is 4.13. The molecule has 1 N–H and O–H groups in total. The average molecular weight is 231 g/mol. The van der Waals surface area contributed by atoms with Crippen LogP contribution >= 0.6 is 12.6 Å². The number of nitrogens with zero attached hydrogens (tertiary/aromatic N) is 1. The second-order valence-electron chi connectivity index (χ2n) is 4.54. The molecule has 1 saturated heterocycles. The minimum atomic E-state index is -0.907. The Morgan fingerprint density at radius 2 is 2.13 bits per heavy atom. The third kappa shape index (κ3) is 2.45. The first-order chi connectivity index (χ1) is 6.90. The van der Waals surface area contributed by atoms with Gasteiger partial charge in [0.05, 0.1) is 5.41 Å². The smallest absolute Gasteiger partial charge is 0.326 e. The van der Waals surface area contributed by atoms with E-state index in [-0.39, 0.29) is 5.91 Å². The van der Waals surface area contributed by atoms with Gasteiger partial charge in [0.1, 0.15) is 6.04 Å². The molecule has 1 heterocycles. The Morgan fingerprint density at radius 1 is 1.53 bits per heavy atom. The molecule has 86 valence electrons. The van der Waals surface area contributed by atoms with Crippen molar-refractivity contribution in [3.8, 4) is 0 Å². The average Bonchev–Trinajstić information content (AvgIpc) is 2.64. The van der Waals surface area contributed by atoms with Gasteiger partial charge in [0.15, 0.2) is 0 Å². The summed E-state index contributed by atoms with van der Waals surface area (Å²) in [4.78, 5) is 24.4. The molecule has 15 heavy (non-hydrogen) atoms. The van der Waals surface area contributed by atoms with Gasteiger partial charge in [-0.15, -0.1) is 0 Å². The molecule has 5 heteroatoms. The number of carbonyl (C=O) groups is 2. The Labute approximate surface area is 95.1 Å². The molecule has 1 fully saturated rings. The molecule has 4 nitrogen and oxygen atoms in total. The van der Waals surface area contributed by atoms with E-state index in [1.807, 2.05) is 0 Å². The number of hydrogen-bond acceptors (Lipinski definition) is 3. The SMILES string of the molecule is CC(C)(CS)C(=O)N1CCC[C@H]1C(=O)O.